The summed E-state index contributed by atoms with van der Waals surface area (Å²) >= 11 is 13.0. The van der Waals surface area contributed by atoms with Crippen LogP contribution in [0.4, 0.5) is 0 Å². The Balaban J connectivity index is 1.86. The van der Waals surface area contributed by atoms with Gasteiger partial charge in [0, 0.05) is 31.5 Å². The van der Waals surface area contributed by atoms with Gasteiger partial charge < -0.3 is 15.3 Å². The Bertz CT molecular complexity index is 901. The topological polar surface area (TPSA) is 89.7 Å². The average Bonchev–Trinajstić information content (AvgIpc) is 2.76. The van der Waals surface area contributed by atoms with Crippen LogP contribution in [0.25, 0.3) is 0 Å². The average molecular weight is 462 g/mol. The van der Waals surface area contributed by atoms with E-state index in [0.29, 0.717) is 17.8 Å². The lowest BCUT2D eigenvalue weighted by atomic mass is 10.0. The maximum Gasteiger partial charge on any atom is 0.194 e. The molecule has 0 aliphatic carbocycles. The molecule has 1 aromatic carbocycles. The summed E-state index contributed by atoms with van der Waals surface area (Å²) in [6.45, 7) is 1.88. The fourth-order valence-corrected chi connectivity index (χ4v) is 3.88. The van der Waals surface area contributed by atoms with Crippen LogP contribution in [0.5, 0.6) is 5.75 Å². The van der Waals surface area contributed by atoms with Gasteiger partial charge in [0.2, 0.25) is 0 Å². The number of benzene rings is 1. The van der Waals surface area contributed by atoms with Gasteiger partial charge >= 0.3 is 0 Å². The molecule has 0 aliphatic heterocycles. The molecule has 0 aliphatic rings. The zero-order valence-electron chi connectivity index (χ0n) is 17.1. The van der Waals surface area contributed by atoms with E-state index in [1.54, 1.807) is 65.8 Å². The van der Waals surface area contributed by atoms with Gasteiger partial charge in [-0.2, -0.15) is 0 Å². The van der Waals surface area contributed by atoms with E-state index in [4.69, 9.17) is 23.2 Å². The molecule has 2 unspecified atom stereocenters. The second-order valence-corrected chi connectivity index (χ2v) is 8.82. The largest absolute Gasteiger partial charge is 0.508 e. The summed E-state index contributed by atoms with van der Waals surface area (Å²) in [7, 11) is 0. The SMILES string of the molecule is C[C@H](Cc1ccc(O)cc1)N(CC(O)(Cl)c1ccccn1)CC(O)(Cl)c1ccccn1. The molecule has 6 nitrogen and oxygen atoms in total. The van der Waals surface area contributed by atoms with Crippen molar-refractivity contribution in [2.45, 2.75) is 29.5 Å². The molecule has 0 bridgehead atoms. The molecule has 3 atom stereocenters. The lowest BCUT2D eigenvalue weighted by Crippen LogP contribution is -2.48. The van der Waals surface area contributed by atoms with E-state index < -0.39 is 10.1 Å². The number of alkyl halides is 2. The van der Waals surface area contributed by atoms with Crippen LogP contribution in [0.3, 0.4) is 0 Å². The molecule has 3 aromatic rings. The highest BCUT2D eigenvalue weighted by atomic mass is 35.5. The number of halogens is 2. The first kappa shape index (κ1) is 23.4. The minimum absolute atomic E-state index is 0.0350. The first-order valence-corrected chi connectivity index (χ1v) is 10.6. The van der Waals surface area contributed by atoms with Crippen molar-refractivity contribution in [2.24, 2.45) is 0 Å². The van der Waals surface area contributed by atoms with E-state index in [2.05, 4.69) is 9.97 Å². The molecule has 3 rings (SSSR count). The molecule has 164 valence electrons. The number of phenols is 1. The van der Waals surface area contributed by atoms with Crippen molar-refractivity contribution in [1.82, 2.24) is 14.9 Å². The van der Waals surface area contributed by atoms with Gasteiger partial charge in [-0.1, -0.05) is 47.5 Å². The first-order valence-electron chi connectivity index (χ1n) is 9.85. The minimum Gasteiger partial charge on any atom is -0.508 e. The highest BCUT2D eigenvalue weighted by molar-refractivity contribution is 6.23. The van der Waals surface area contributed by atoms with Gasteiger partial charge in [-0.15, -0.1) is 0 Å². The molecule has 3 N–H and O–H groups in total. The van der Waals surface area contributed by atoms with Crippen molar-refractivity contribution >= 4 is 23.2 Å². The van der Waals surface area contributed by atoms with Gasteiger partial charge in [-0.05, 0) is 55.3 Å². The number of nitrogens with zero attached hydrogens (tertiary/aromatic N) is 3. The number of aromatic hydroxyl groups is 1. The number of hydrogen-bond acceptors (Lipinski definition) is 6. The van der Waals surface area contributed by atoms with Crippen molar-refractivity contribution < 1.29 is 15.3 Å². The van der Waals surface area contributed by atoms with Crippen LogP contribution in [0.2, 0.25) is 0 Å². The van der Waals surface area contributed by atoms with Gasteiger partial charge in [-0.3, -0.25) is 14.9 Å². The quantitative estimate of drug-likeness (QED) is 0.422. The molecular weight excluding hydrogens is 437 g/mol. The number of aliphatic hydroxyl groups is 2. The van der Waals surface area contributed by atoms with Crippen LogP contribution < -0.4 is 0 Å². The summed E-state index contributed by atoms with van der Waals surface area (Å²) in [4.78, 5) is 10.1. The fraction of sp³-hybridized carbons (Fsp3) is 0.304. The molecule has 0 fully saturated rings. The van der Waals surface area contributed by atoms with E-state index in [-0.39, 0.29) is 24.9 Å². The van der Waals surface area contributed by atoms with Gasteiger partial charge in [0.25, 0.3) is 0 Å². The summed E-state index contributed by atoms with van der Waals surface area (Å²) in [6, 6.07) is 16.9. The summed E-state index contributed by atoms with van der Waals surface area (Å²) in [5.74, 6) is 0.184. The summed E-state index contributed by atoms with van der Waals surface area (Å²) in [5, 5.41) is 27.9. The number of pyridine rings is 2. The van der Waals surface area contributed by atoms with E-state index in [9.17, 15) is 15.3 Å². The Morgan fingerprint density at radius 1 is 0.839 bits per heavy atom. The van der Waals surface area contributed by atoms with Crippen molar-refractivity contribution in [3.8, 4) is 5.75 Å². The third-order valence-corrected chi connectivity index (χ3v) is 5.66. The molecule has 2 aromatic heterocycles. The number of phenolic OH excluding ortho intramolecular Hbond substituents is 1. The normalized spacial score (nSPS) is 16.5. The Labute approximate surface area is 191 Å². The number of rotatable bonds is 9. The zero-order chi connectivity index (χ0) is 22.5. The third-order valence-electron chi connectivity index (χ3n) is 5.03. The third kappa shape index (κ3) is 6.38. The first-order chi connectivity index (χ1) is 14.7. The minimum atomic E-state index is -1.79. The molecule has 8 heteroatoms. The van der Waals surface area contributed by atoms with Crippen molar-refractivity contribution in [3.63, 3.8) is 0 Å². The van der Waals surface area contributed by atoms with Crippen LogP contribution in [-0.2, 0) is 16.5 Å². The second kappa shape index (κ2) is 9.94. The Kier molecular flexibility index (Phi) is 7.51. The molecule has 0 saturated carbocycles. The van der Waals surface area contributed by atoms with E-state index in [1.165, 1.54) is 0 Å². The van der Waals surface area contributed by atoms with Gasteiger partial charge in [0.15, 0.2) is 10.1 Å². The lowest BCUT2D eigenvalue weighted by molar-refractivity contribution is 0.00863. The number of hydrogen-bond donors (Lipinski definition) is 3. The molecule has 2 heterocycles. The highest BCUT2D eigenvalue weighted by Gasteiger charge is 2.38. The van der Waals surface area contributed by atoms with Gasteiger partial charge in [0.05, 0.1) is 11.4 Å². The predicted octanol–water partition coefficient (Wildman–Crippen LogP) is 3.58. The van der Waals surface area contributed by atoms with E-state index >= 15 is 0 Å². The Morgan fingerprint density at radius 2 is 1.32 bits per heavy atom. The highest BCUT2D eigenvalue weighted by Crippen LogP contribution is 2.31. The zero-order valence-corrected chi connectivity index (χ0v) is 18.6. The Hall–Kier alpha value is -2.22. The summed E-state index contributed by atoms with van der Waals surface area (Å²) < 4.78 is 0. The fourth-order valence-electron chi connectivity index (χ4n) is 3.35. The monoisotopic (exact) mass is 461 g/mol. The van der Waals surface area contributed by atoms with Crippen LogP contribution in [0, 0.1) is 0 Å². The van der Waals surface area contributed by atoms with E-state index in [0.717, 1.165) is 5.56 Å². The second-order valence-electron chi connectivity index (χ2n) is 7.57. The maximum atomic E-state index is 11.0. The summed E-state index contributed by atoms with van der Waals surface area (Å²) in [6.07, 6.45) is 3.68. The van der Waals surface area contributed by atoms with Crippen molar-refractivity contribution in [2.75, 3.05) is 13.1 Å². The lowest BCUT2D eigenvalue weighted by Gasteiger charge is -2.37. The van der Waals surface area contributed by atoms with Gasteiger partial charge in [0.1, 0.15) is 5.75 Å². The molecule has 0 amide bonds. The van der Waals surface area contributed by atoms with Crippen LogP contribution in [-0.4, -0.2) is 49.3 Å². The number of aromatic nitrogens is 2. The molecule has 0 saturated heterocycles. The molecule has 31 heavy (non-hydrogen) atoms. The predicted molar refractivity (Wildman–Crippen MR) is 121 cm³/mol. The maximum absolute atomic E-state index is 11.0. The van der Waals surface area contributed by atoms with E-state index in [1.807, 2.05) is 19.1 Å². The Morgan fingerprint density at radius 3 is 1.74 bits per heavy atom. The van der Waals surface area contributed by atoms with Crippen molar-refractivity contribution in [3.05, 3.63) is 90.0 Å². The van der Waals surface area contributed by atoms with Gasteiger partial charge in [-0.25, -0.2) is 0 Å². The summed E-state index contributed by atoms with van der Waals surface area (Å²) in [5.41, 5.74) is 1.58. The molecule has 0 radical (unpaired) electrons. The van der Waals surface area contributed by atoms with Crippen LogP contribution >= 0.6 is 23.2 Å². The van der Waals surface area contributed by atoms with Crippen LogP contribution in [0.15, 0.2) is 73.1 Å². The standard InChI is InChI=1S/C23H25Cl2N3O3/c1-17(14-18-8-10-19(29)11-9-18)28(15-22(24,30)20-6-2-4-12-26-20)16-23(25,31)21-7-3-5-13-27-21/h2-13,17,29-31H,14-16H2,1H3/t17-,22?,23?/m1/s1. The molecule has 0 spiro atoms. The smallest absolute Gasteiger partial charge is 0.194 e. The van der Waals surface area contributed by atoms with Crippen LogP contribution in [0.1, 0.15) is 23.9 Å². The van der Waals surface area contributed by atoms with Crippen molar-refractivity contribution in [1.29, 1.82) is 0 Å². The molecular formula is C23H25Cl2N3O3.